The number of carbonyl (C=O) groups excluding carboxylic acids is 1. The molecule has 0 bridgehead atoms. The molecule has 1 aliphatic rings. The first-order chi connectivity index (χ1) is 11.4. The predicted octanol–water partition coefficient (Wildman–Crippen LogP) is 0.603. The molecule has 1 atom stereocenters. The lowest BCUT2D eigenvalue weighted by Gasteiger charge is -2.34. The molecular weight excluding hydrogens is 352 g/mol. The normalized spacial score (nSPS) is 19.3. The van der Waals surface area contributed by atoms with Gasteiger partial charge in [-0.1, -0.05) is 0 Å². The zero-order valence-corrected chi connectivity index (χ0v) is 14.9. The summed E-state index contributed by atoms with van der Waals surface area (Å²) in [6.45, 7) is 1.38. The molecule has 0 spiro atoms. The molecule has 1 saturated heterocycles. The number of aromatic nitrogens is 2. The number of sulfonamides is 1. The van der Waals surface area contributed by atoms with Gasteiger partial charge in [0.05, 0.1) is 18.0 Å². The van der Waals surface area contributed by atoms with Crippen molar-refractivity contribution in [1.82, 2.24) is 19.2 Å². The number of nitrogens with zero attached hydrogens (tertiary/aromatic N) is 3. The van der Waals surface area contributed by atoms with E-state index < -0.39 is 22.0 Å². The fourth-order valence-corrected chi connectivity index (χ4v) is 5.45. The van der Waals surface area contributed by atoms with Gasteiger partial charge in [-0.25, -0.2) is 18.2 Å². The minimum atomic E-state index is -3.73. The van der Waals surface area contributed by atoms with Gasteiger partial charge in [0.15, 0.2) is 0 Å². The third-order valence-electron chi connectivity index (χ3n) is 3.92. The number of nitrogens with one attached hydrogen (secondary N) is 1. The smallest absolute Gasteiger partial charge is 0.348 e. The molecular formula is C14H18N4O4S2. The van der Waals surface area contributed by atoms with Crippen LogP contribution in [0.2, 0.25) is 0 Å². The van der Waals surface area contributed by atoms with Crippen LogP contribution in [0.25, 0.3) is 0 Å². The van der Waals surface area contributed by atoms with Crippen molar-refractivity contribution < 1.29 is 17.9 Å². The molecule has 130 valence electrons. The fraction of sp³-hybridized carbons (Fsp3) is 0.429. The third-order valence-corrected chi connectivity index (χ3v) is 6.86. The summed E-state index contributed by atoms with van der Waals surface area (Å²) in [6, 6.07) is 0.966. The van der Waals surface area contributed by atoms with Crippen molar-refractivity contribution in [2.45, 2.75) is 10.9 Å². The van der Waals surface area contributed by atoms with Crippen molar-refractivity contribution in [3.8, 4) is 0 Å². The highest BCUT2D eigenvalue weighted by Gasteiger charge is 2.37. The Morgan fingerprint density at radius 3 is 2.96 bits per heavy atom. The van der Waals surface area contributed by atoms with Crippen LogP contribution in [0.4, 0.5) is 0 Å². The van der Waals surface area contributed by atoms with Crippen LogP contribution in [-0.2, 0) is 21.8 Å². The Hall–Kier alpha value is -1.75. The fourth-order valence-electron chi connectivity index (χ4n) is 2.69. The highest BCUT2D eigenvalue weighted by atomic mass is 32.2. The molecule has 1 fully saturated rings. The molecule has 3 rings (SSSR count). The summed E-state index contributed by atoms with van der Waals surface area (Å²) in [5.74, 6) is 0.136. The minimum Gasteiger partial charge on any atom is -0.465 e. The molecule has 0 aromatic carbocycles. The number of rotatable bonds is 4. The quantitative estimate of drug-likeness (QED) is 0.793. The molecule has 0 radical (unpaired) electrons. The molecule has 1 N–H and O–H groups in total. The summed E-state index contributed by atoms with van der Waals surface area (Å²) in [5, 5.41) is 4.68. The molecule has 1 unspecified atom stereocenters. The molecule has 0 amide bonds. The first-order valence-electron chi connectivity index (χ1n) is 7.31. The maximum atomic E-state index is 13.0. The Morgan fingerprint density at radius 2 is 2.29 bits per heavy atom. The predicted molar refractivity (Wildman–Crippen MR) is 88.4 cm³/mol. The monoisotopic (exact) mass is 370 g/mol. The van der Waals surface area contributed by atoms with Crippen LogP contribution in [-0.4, -0.2) is 55.0 Å². The van der Waals surface area contributed by atoms with Crippen LogP contribution in [0.15, 0.2) is 28.7 Å². The van der Waals surface area contributed by atoms with Gasteiger partial charge in [0.1, 0.15) is 10.7 Å². The van der Waals surface area contributed by atoms with E-state index >= 15 is 0 Å². The molecule has 1 aliphatic heterocycles. The maximum absolute atomic E-state index is 13.0. The Bertz CT molecular complexity index is 843. The molecule has 8 nitrogen and oxygen atoms in total. The topological polar surface area (TPSA) is 93.5 Å². The lowest BCUT2D eigenvalue weighted by atomic mass is 10.2. The number of hydrogen-bond acceptors (Lipinski definition) is 7. The second-order valence-corrected chi connectivity index (χ2v) is 8.17. The number of piperazine rings is 1. The minimum absolute atomic E-state index is 0.106. The van der Waals surface area contributed by atoms with Crippen LogP contribution < -0.4 is 5.32 Å². The molecule has 2 aromatic rings. The zero-order valence-electron chi connectivity index (χ0n) is 13.3. The SMILES string of the molecule is COC(=O)c1cc(S(=O)(=O)N2CCNCC2c2nccn2C)cs1. The Balaban J connectivity index is 1.96. The maximum Gasteiger partial charge on any atom is 0.348 e. The second-order valence-electron chi connectivity index (χ2n) is 5.37. The van der Waals surface area contributed by atoms with Crippen molar-refractivity contribution in [1.29, 1.82) is 0 Å². The van der Waals surface area contributed by atoms with Crippen LogP contribution >= 0.6 is 11.3 Å². The largest absolute Gasteiger partial charge is 0.465 e. The van der Waals surface area contributed by atoms with Crippen LogP contribution in [0.3, 0.4) is 0 Å². The van der Waals surface area contributed by atoms with E-state index in [1.807, 2.05) is 11.6 Å². The van der Waals surface area contributed by atoms with Gasteiger partial charge in [0.25, 0.3) is 0 Å². The summed E-state index contributed by atoms with van der Waals surface area (Å²) < 4.78 is 34.0. The van der Waals surface area contributed by atoms with Gasteiger partial charge < -0.3 is 14.6 Å². The van der Waals surface area contributed by atoms with Crippen LogP contribution in [0, 0.1) is 0 Å². The van der Waals surface area contributed by atoms with E-state index in [9.17, 15) is 13.2 Å². The van der Waals surface area contributed by atoms with E-state index in [1.165, 1.54) is 22.9 Å². The number of aryl methyl sites for hydroxylation is 1. The number of imidazole rings is 1. The molecule has 0 aliphatic carbocycles. The van der Waals surface area contributed by atoms with Crippen LogP contribution in [0.1, 0.15) is 21.5 Å². The third kappa shape index (κ3) is 2.97. The van der Waals surface area contributed by atoms with Gasteiger partial charge in [-0.05, 0) is 6.07 Å². The molecule has 0 saturated carbocycles. The number of carbonyl (C=O) groups is 1. The van der Waals surface area contributed by atoms with E-state index in [0.29, 0.717) is 25.5 Å². The first-order valence-corrected chi connectivity index (χ1v) is 9.63. The van der Waals surface area contributed by atoms with Crippen molar-refractivity contribution >= 4 is 27.3 Å². The first kappa shape index (κ1) is 17.1. The average molecular weight is 370 g/mol. The van der Waals surface area contributed by atoms with Gasteiger partial charge in [-0.3, -0.25) is 0 Å². The van der Waals surface area contributed by atoms with E-state index in [4.69, 9.17) is 0 Å². The van der Waals surface area contributed by atoms with Crippen molar-refractivity contribution in [3.63, 3.8) is 0 Å². The number of hydrogen-bond donors (Lipinski definition) is 1. The summed E-state index contributed by atoms with van der Waals surface area (Å²) in [6.07, 6.45) is 3.43. The Morgan fingerprint density at radius 1 is 1.50 bits per heavy atom. The Kier molecular flexibility index (Phi) is 4.72. The summed E-state index contributed by atoms with van der Waals surface area (Å²) >= 11 is 1.06. The van der Waals surface area contributed by atoms with Crippen molar-refractivity contribution in [3.05, 3.63) is 34.5 Å². The van der Waals surface area contributed by atoms with Gasteiger partial charge >= 0.3 is 5.97 Å². The zero-order chi connectivity index (χ0) is 17.3. The Labute approximate surface area is 144 Å². The summed E-state index contributed by atoms with van der Waals surface area (Å²) in [5.41, 5.74) is 0. The summed E-state index contributed by atoms with van der Waals surface area (Å²) in [7, 11) is -0.630. The van der Waals surface area contributed by atoms with E-state index in [1.54, 1.807) is 12.4 Å². The van der Waals surface area contributed by atoms with E-state index in [2.05, 4.69) is 15.0 Å². The lowest BCUT2D eigenvalue weighted by Crippen LogP contribution is -2.49. The number of thiophene rings is 1. The molecule has 24 heavy (non-hydrogen) atoms. The van der Waals surface area contributed by atoms with Gasteiger partial charge in [-0.2, -0.15) is 4.31 Å². The number of ether oxygens (including phenoxy) is 1. The van der Waals surface area contributed by atoms with Crippen molar-refractivity contribution in [2.24, 2.45) is 7.05 Å². The van der Waals surface area contributed by atoms with E-state index in [-0.39, 0.29) is 9.77 Å². The van der Waals surface area contributed by atoms with E-state index in [0.717, 1.165) is 11.3 Å². The highest BCUT2D eigenvalue weighted by Crippen LogP contribution is 2.30. The van der Waals surface area contributed by atoms with Gasteiger partial charge in [0, 0.05) is 44.5 Å². The van der Waals surface area contributed by atoms with Gasteiger partial charge in [0.2, 0.25) is 10.0 Å². The van der Waals surface area contributed by atoms with Crippen molar-refractivity contribution in [2.75, 3.05) is 26.7 Å². The number of methoxy groups -OCH3 is 1. The molecule has 2 aromatic heterocycles. The lowest BCUT2D eigenvalue weighted by molar-refractivity contribution is 0.0606. The van der Waals surface area contributed by atoms with Gasteiger partial charge in [-0.15, -0.1) is 11.3 Å². The average Bonchev–Trinajstić information content (AvgIpc) is 3.23. The summed E-state index contributed by atoms with van der Waals surface area (Å²) in [4.78, 5) is 16.2. The van der Waals surface area contributed by atoms with Crippen LogP contribution in [0.5, 0.6) is 0 Å². The molecule has 3 heterocycles. The molecule has 10 heteroatoms. The second kappa shape index (κ2) is 6.63. The standard InChI is InChI=1S/C14H18N4O4S2/c1-17-5-4-16-13(17)11-8-15-3-6-18(11)24(20,21)10-7-12(23-9-10)14(19)22-2/h4-5,7,9,11,15H,3,6,8H2,1-2H3. The highest BCUT2D eigenvalue weighted by molar-refractivity contribution is 7.89. The number of esters is 1.